The summed E-state index contributed by atoms with van der Waals surface area (Å²) >= 11 is 0. The van der Waals surface area contributed by atoms with Crippen LogP contribution in [0.5, 0.6) is 5.75 Å². The summed E-state index contributed by atoms with van der Waals surface area (Å²) in [6.45, 7) is 1.14. The number of hydrogen-bond acceptors (Lipinski definition) is 6. The van der Waals surface area contributed by atoms with Gasteiger partial charge in [0.05, 0.1) is 17.7 Å². The van der Waals surface area contributed by atoms with E-state index in [4.69, 9.17) is 9.47 Å². The molecule has 1 saturated heterocycles. The van der Waals surface area contributed by atoms with E-state index in [1.807, 2.05) is 18.2 Å². The Morgan fingerprint density at radius 3 is 2.39 bits per heavy atom. The molecule has 10 heteroatoms. The van der Waals surface area contributed by atoms with E-state index in [9.17, 15) is 22.0 Å². The molecule has 2 aliphatic rings. The number of hydrogen-bond donors (Lipinski definition) is 0. The van der Waals surface area contributed by atoms with Crippen LogP contribution in [0.2, 0.25) is 0 Å². The van der Waals surface area contributed by atoms with Gasteiger partial charge in [-0.1, -0.05) is 18.2 Å². The third-order valence-corrected chi connectivity index (χ3v) is 7.67. The number of sulfone groups is 1. The Labute approximate surface area is 207 Å². The summed E-state index contributed by atoms with van der Waals surface area (Å²) in [4.78, 5) is 18.0. The van der Waals surface area contributed by atoms with Crippen molar-refractivity contribution in [2.75, 3.05) is 19.3 Å². The molecule has 5 rings (SSSR count). The van der Waals surface area contributed by atoms with Crippen molar-refractivity contribution < 1.29 is 31.5 Å². The maximum absolute atomic E-state index is 14.0. The van der Waals surface area contributed by atoms with Crippen molar-refractivity contribution in [1.82, 2.24) is 9.88 Å². The number of fused-ring (bicyclic) bond motifs is 1. The molecule has 0 bridgehead atoms. The molecule has 1 atom stereocenters. The lowest BCUT2D eigenvalue weighted by molar-refractivity contribution is -0.148. The third-order valence-electron chi connectivity index (χ3n) is 6.54. The Hall–Kier alpha value is -3.37. The Bertz CT molecular complexity index is 1400. The minimum Gasteiger partial charge on any atom is -0.464 e. The Balaban J connectivity index is 1.21. The van der Waals surface area contributed by atoms with Gasteiger partial charge in [0, 0.05) is 36.9 Å². The zero-order chi connectivity index (χ0) is 25.4. The van der Waals surface area contributed by atoms with Crippen LogP contribution in [0.25, 0.3) is 11.1 Å². The van der Waals surface area contributed by atoms with Crippen LogP contribution in [-0.4, -0.2) is 49.8 Å². The number of pyridine rings is 1. The Morgan fingerprint density at radius 1 is 1.03 bits per heavy atom. The molecule has 1 aromatic heterocycles. The summed E-state index contributed by atoms with van der Waals surface area (Å²) in [5.74, 6) is -1.58. The molecule has 0 saturated carbocycles. The van der Waals surface area contributed by atoms with E-state index in [0.29, 0.717) is 38.6 Å². The number of carbonyl (C=O) groups excluding carboxylic acids is 1. The number of amides is 1. The van der Waals surface area contributed by atoms with Gasteiger partial charge in [-0.3, -0.25) is 4.79 Å². The second-order valence-corrected chi connectivity index (χ2v) is 11.0. The lowest BCUT2D eigenvalue weighted by Gasteiger charge is -2.37. The molecule has 2 aromatic carbocycles. The first kappa shape index (κ1) is 24.3. The molecule has 1 unspecified atom stereocenters. The van der Waals surface area contributed by atoms with Gasteiger partial charge in [0.25, 0.3) is 5.91 Å². The monoisotopic (exact) mass is 514 g/mol. The molecule has 2 aliphatic heterocycles. The van der Waals surface area contributed by atoms with Gasteiger partial charge in [0.1, 0.15) is 11.6 Å². The highest BCUT2D eigenvalue weighted by atomic mass is 32.2. The summed E-state index contributed by atoms with van der Waals surface area (Å²) in [6, 6.07) is 13.1. The minimum absolute atomic E-state index is 0.0523. The summed E-state index contributed by atoms with van der Waals surface area (Å²) in [7, 11) is -3.25. The summed E-state index contributed by atoms with van der Waals surface area (Å²) in [5.41, 5.74) is 2.32. The second kappa shape index (κ2) is 9.59. The molecule has 36 heavy (non-hydrogen) atoms. The van der Waals surface area contributed by atoms with Crippen molar-refractivity contribution in [3.63, 3.8) is 0 Å². The van der Waals surface area contributed by atoms with E-state index >= 15 is 0 Å². The average Bonchev–Trinajstić information content (AvgIpc) is 2.87. The highest BCUT2D eigenvalue weighted by Gasteiger charge is 2.34. The number of halogens is 2. The highest BCUT2D eigenvalue weighted by Crippen LogP contribution is 2.35. The number of ether oxygens (including phenoxy) is 2. The third kappa shape index (κ3) is 4.96. The molecule has 7 nitrogen and oxygen atoms in total. The van der Waals surface area contributed by atoms with E-state index in [1.54, 1.807) is 24.3 Å². The predicted octanol–water partition coefficient (Wildman–Crippen LogP) is 4.22. The van der Waals surface area contributed by atoms with Crippen molar-refractivity contribution in [2.45, 2.75) is 30.6 Å². The van der Waals surface area contributed by atoms with Crippen LogP contribution >= 0.6 is 0 Å². The van der Waals surface area contributed by atoms with Crippen molar-refractivity contribution in [1.29, 1.82) is 0 Å². The standard InChI is InChI=1S/C26H24F2N2O5S/c1-36(32,33)21-5-2-16(3-6-21)18-4-7-23-19(12-18)15-34-26(35-23)17-8-10-30(11-9-17)25(31)24-22(28)13-20(27)14-29-24/h2-7,12-14,17,26H,8-11,15H2,1H3. The molecule has 0 aliphatic carbocycles. The number of piperidine rings is 1. The number of likely N-dealkylation sites (tertiary alicyclic amines) is 1. The topological polar surface area (TPSA) is 85.8 Å². The maximum Gasteiger partial charge on any atom is 0.275 e. The SMILES string of the molecule is CS(=O)(=O)c1ccc(-c2ccc3c(c2)COC(C2CCN(C(=O)c4ncc(F)cc4F)CC2)O3)cc1. The first-order valence-electron chi connectivity index (χ1n) is 11.5. The fraction of sp³-hybridized carbons (Fsp3) is 0.308. The van der Waals surface area contributed by atoms with Gasteiger partial charge in [-0.25, -0.2) is 22.2 Å². The van der Waals surface area contributed by atoms with Crippen LogP contribution in [0, 0.1) is 17.6 Å². The summed E-state index contributed by atoms with van der Waals surface area (Å²) in [6.07, 6.45) is 2.77. The number of nitrogens with zero attached hydrogens (tertiary/aromatic N) is 2. The first-order chi connectivity index (χ1) is 17.2. The highest BCUT2D eigenvalue weighted by molar-refractivity contribution is 7.90. The molecule has 0 spiro atoms. The largest absolute Gasteiger partial charge is 0.464 e. The number of rotatable bonds is 4. The zero-order valence-electron chi connectivity index (χ0n) is 19.5. The van der Waals surface area contributed by atoms with Gasteiger partial charge in [-0.15, -0.1) is 0 Å². The van der Waals surface area contributed by atoms with Crippen molar-refractivity contribution in [3.05, 3.63) is 77.6 Å². The van der Waals surface area contributed by atoms with Gasteiger partial charge in [-0.05, 0) is 48.2 Å². The van der Waals surface area contributed by atoms with Gasteiger partial charge in [0.15, 0.2) is 21.3 Å². The first-order valence-corrected chi connectivity index (χ1v) is 13.4. The molecule has 0 N–H and O–H groups in total. The lowest BCUT2D eigenvalue weighted by atomic mass is 9.95. The lowest BCUT2D eigenvalue weighted by Crippen LogP contribution is -2.44. The summed E-state index contributed by atoms with van der Waals surface area (Å²) in [5, 5.41) is 0. The van der Waals surface area contributed by atoms with E-state index in [1.165, 1.54) is 11.2 Å². The van der Waals surface area contributed by atoms with Gasteiger partial charge < -0.3 is 14.4 Å². The van der Waals surface area contributed by atoms with Crippen molar-refractivity contribution in [3.8, 4) is 16.9 Å². The fourth-order valence-electron chi connectivity index (χ4n) is 4.54. The number of carbonyl (C=O) groups is 1. The number of aromatic nitrogens is 1. The van der Waals surface area contributed by atoms with Crippen LogP contribution in [0.1, 0.15) is 28.9 Å². The fourth-order valence-corrected chi connectivity index (χ4v) is 5.17. The van der Waals surface area contributed by atoms with Crippen molar-refractivity contribution >= 4 is 15.7 Å². The van der Waals surface area contributed by atoms with E-state index in [0.717, 1.165) is 28.6 Å². The van der Waals surface area contributed by atoms with Crippen LogP contribution in [0.4, 0.5) is 8.78 Å². The quantitative estimate of drug-likeness (QED) is 0.518. The molecule has 0 radical (unpaired) electrons. The van der Waals surface area contributed by atoms with E-state index in [2.05, 4.69) is 4.98 Å². The molecular weight excluding hydrogens is 490 g/mol. The molecule has 1 amide bonds. The predicted molar refractivity (Wildman–Crippen MR) is 127 cm³/mol. The van der Waals surface area contributed by atoms with Crippen molar-refractivity contribution in [2.24, 2.45) is 5.92 Å². The molecular formula is C26H24F2N2O5S. The van der Waals surface area contributed by atoms with Crippen LogP contribution in [0.15, 0.2) is 59.6 Å². The van der Waals surface area contributed by atoms with Gasteiger partial charge in [-0.2, -0.15) is 0 Å². The molecule has 3 aromatic rings. The normalized spacial score (nSPS) is 18.4. The van der Waals surface area contributed by atoms with Gasteiger partial charge >= 0.3 is 0 Å². The van der Waals surface area contributed by atoms with Crippen LogP contribution < -0.4 is 4.74 Å². The van der Waals surface area contributed by atoms with Crippen LogP contribution in [-0.2, 0) is 21.2 Å². The molecule has 188 valence electrons. The summed E-state index contributed by atoms with van der Waals surface area (Å²) < 4.78 is 62.5. The molecule has 3 heterocycles. The Morgan fingerprint density at radius 2 is 1.72 bits per heavy atom. The smallest absolute Gasteiger partial charge is 0.275 e. The Kier molecular flexibility index (Phi) is 6.48. The maximum atomic E-state index is 14.0. The number of benzene rings is 2. The second-order valence-electron chi connectivity index (χ2n) is 9.03. The van der Waals surface area contributed by atoms with Crippen LogP contribution in [0.3, 0.4) is 0 Å². The zero-order valence-corrected chi connectivity index (χ0v) is 20.3. The molecule has 1 fully saturated rings. The minimum atomic E-state index is -3.25. The average molecular weight is 515 g/mol. The van der Waals surface area contributed by atoms with E-state index in [-0.39, 0.29) is 16.5 Å². The van der Waals surface area contributed by atoms with Gasteiger partial charge in [0.2, 0.25) is 6.29 Å². The van der Waals surface area contributed by atoms with E-state index < -0.39 is 33.7 Å².